The molecule has 2 heterocycles. The summed E-state index contributed by atoms with van der Waals surface area (Å²) in [5, 5.41) is 3.54. The van der Waals surface area contributed by atoms with Crippen molar-refractivity contribution in [2.45, 2.75) is 96.4 Å². The summed E-state index contributed by atoms with van der Waals surface area (Å²) in [6.07, 6.45) is 11.7. The van der Waals surface area contributed by atoms with Gasteiger partial charge in [0, 0.05) is 12.5 Å². The summed E-state index contributed by atoms with van der Waals surface area (Å²) in [7, 11) is 3.38. The van der Waals surface area contributed by atoms with Crippen LogP contribution in [0.2, 0.25) is 0 Å². The topological polar surface area (TPSA) is 94.4 Å². The second kappa shape index (κ2) is 13.1. The third kappa shape index (κ3) is 6.65. The summed E-state index contributed by atoms with van der Waals surface area (Å²) in [5.41, 5.74) is 3.94. The number of imidazole rings is 1. The summed E-state index contributed by atoms with van der Waals surface area (Å²) in [6.45, 7) is 5.48. The van der Waals surface area contributed by atoms with Crippen molar-refractivity contribution < 1.29 is 23.5 Å². The van der Waals surface area contributed by atoms with Gasteiger partial charge in [-0.15, -0.1) is 0 Å². The third-order valence-electron chi connectivity index (χ3n) is 8.55. The summed E-state index contributed by atoms with van der Waals surface area (Å²) < 4.78 is 26.0. The quantitative estimate of drug-likeness (QED) is 0.179. The minimum absolute atomic E-state index is 0.248. The average molecular weight is 587 g/mol. The van der Waals surface area contributed by atoms with Gasteiger partial charge >= 0.3 is 0 Å². The first kappa shape index (κ1) is 29.1. The van der Waals surface area contributed by atoms with Crippen molar-refractivity contribution in [3.63, 3.8) is 0 Å². The van der Waals surface area contributed by atoms with Crippen LogP contribution in [0.1, 0.15) is 88.1 Å². The van der Waals surface area contributed by atoms with E-state index in [1.165, 1.54) is 25.7 Å². The molecular weight excluding hydrogens is 542 g/mol. The molecule has 6 rings (SSSR count). The first-order valence-electron chi connectivity index (χ1n) is 15.7. The monoisotopic (exact) mass is 586 g/mol. The normalized spacial score (nSPS) is 15.8. The molecule has 4 aromatic rings. The van der Waals surface area contributed by atoms with Crippen molar-refractivity contribution in [2.24, 2.45) is 0 Å². The zero-order chi connectivity index (χ0) is 29.8. The Morgan fingerprint density at radius 1 is 0.837 bits per heavy atom. The highest BCUT2D eigenvalue weighted by molar-refractivity contribution is 5.80. The molecule has 2 aromatic carbocycles. The van der Waals surface area contributed by atoms with Crippen LogP contribution in [-0.4, -0.2) is 41.4 Å². The van der Waals surface area contributed by atoms with Crippen molar-refractivity contribution in [3.8, 4) is 23.0 Å². The number of fused-ring (bicyclic) bond motifs is 1. The Morgan fingerprint density at radius 3 is 2.00 bits per heavy atom. The molecule has 0 saturated heterocycles. The van der Waals surface area contributed by atoms with Gasteiger partial charge in [-0.25, -0.2) is 4.57 Å². The molecule has 43 heavy (non-hydrogen) atoms. The van der Waals surface area contributed by atoms with E-state index in [9.17, 15) is 0 Å². The SMILES string of the molecule is COc1ccc(CNc2nc[n+](Cc3ccc(OC)c(OC4CCCC4)c3)c3nc(C(C)C)[nH]c23)cc1OC1CCCC1. The molecule has 2 N–H and O–H groups in total. The molecule has 228 valence electrons. The van der Waals surface area contributed by atoms with Crippen LogP contribution >= 0.6 is 0 Å². The Hall–Kier alpha value is -4.01. The largest absolute Gasteiger partial charge is 0.493 e. The molecule has 0 bridgehead atoms. The standard InChI is InChI=1S/C34H43N5O4/c1-22(2)32-37-31-33(35-19-23-13-15-27(40-3)29(17-23)42-25-9-5-6-10-25)36-21-39(34(31)38-32)20-24-14-16-28(41-4)30(18-24)43-26-11-7-8-12-26/h13-18,21-22,25-26H,5-12,19-20H2,1-4H3,(H,35,37,38)/p+1. The number of anilines is 1. The number of hydrogen-bond donors (Lipinski definition) is 2. The average Bonchev–Trinajstić information content (AvgIpc) is 3.80. The molecule has 0 atom stereocenters. The van der Waals surface area contributed by atoms with E-state index in [2.05, 4.69) is 53.0 Å². The Kier molecular flexibility index (Phi) is 8.86. The fraction of sp³-hybridized carbons (Fsp3) is 0.500. The molecule has 0 amide bonds. The smallest absolute Gasteiger partial charge is 0.294 e. The van der Waals surface area contributed by atoms with Gasteiger partial charge < -0.3 is 29.2 Å². The first-order chi connectivity index (χ1) is 21.0. The number of nitrogens with one attached hydrogen (secondary N) is 2. The lowest BCUT2D eigenvalue weighted by molar-refractivity contribution is -0.667. The Balaban J connectivity index is 1.24. The number of rotatable bonds is 12. The molecule has 2 aromatic heterocycles. The number of benzene rings is 2. The maximum absolute atomic E-state index is 6.35. The maximum atomic E-state index is 6.35. The molecular formula is C34H44N5O4+. The Labute approximate surface area is 254 Å². The van der Waals surface area contributed by atoms with Gasteiger partial charge in [-0.05, 0) is 86.8 Å². The van der Waals surface area contributed by atoms with E-state index in [4.69, 9.17) is 28.9 Å². The number of hydrogen-bond acceptors (Lipinski definition) is 7. The maximum Gasteiger partial charge on any atom is 0.294 e. The molecule has 2 saturated carbocycles. The van der Waals surface area contributed by atoms with Crippen molar-refractivity contribution in [2.75, 3.05) is 19.5 Å². The molecule has 0 unspecified atom stereocenters. The van der Waals surface area contributed by atoms with Crippen LogP contribution in [0.25, 0.3) is 11.2 Å². The predicted molar refractivity (Wildman–Crippen MR) is 166 cm³/mol. The van der Waals surface area contributed by atoms with Gasteiger partial charge in [0.25, 0.3) is 5.65 Å². The van der Waals surface area contributed by atoms with Gasteiger partial charge in [0.05, 0.1) is 33.0 Å². The fourth-order valence-corrected chi connectivity index (χ4v) is 6.11. The Morgan fingerprint density at radius 2 is 1.42 bits per heavy atom. The highest BCUT2D eigenvalue weighted by atomic mass is 16.5. The first-order valence-corrected chi connectivity index (χ1v) is 15.7. The van der Waals surface area contributed by atoms with Crippen LogP contribution in [0, 0.1) is 0 Å². The number of nitrogens with zero attached hydrogens (tertiary/aromatic N) is 3. The van der Waals surface area contributed by atoms with Crippen LogP contribution in [0.3, 0.4) is 0 Å². The minimum Gasteiger partial charge on any atom is -0.493 e. The van der Waals surface area contributed by atoms with E-state index in [-0.39, 0.29) is 18.1 Å². The van der Waals surface area contributed by atoms with Crippen LogP contribution in [0.15, 0.2) is 42.7 Å². The zero-order valence-electron chi connectivity index (χ0n) is 25.8. The third-order valence-corrected chi connectivity index (χ3v) is 8.55. The lowest BCUT2D eigenvalue weighted by Gasteiger charge is -2.17. The molecule has 9 nitrogen and oxygen atoms in total. The predicted octanol–water partition coefficient (Wildman–Crippen LogP) is 6.69. The van der Waals surface area contributed by atoms with Crippen molar-refractivity contribution in [3.05, 3.63) is 59.7 Å². The number of aromatic nitrogens is 4. The number of ether oxygens (including phenoxy) is 4. The zero-order valence-corrected chi connectivity index (χ0v) is 25.8. The Bertz CT molecular complexity index is 1540. The second-order valence-corrected chi connectivity index (χ2v) is 12.1. The summed E-state index contributed by atoms with van der Waals surface area (Å²) in [4.78, 5) is 13.4. The van der Waals surface area contributed by atoms with Crippen molar-refractivity contribution >= 4 is 17.0 Å². The minimum atomic E-state index is 0.248. The number of methoxy groups -OCH3 is 2. The summed E-state index contributed by atoms with van der Waals surface area (Å²) >= 11 is 0. The van der Waals surface area contributed by atoms with E-state index >= 15 is 0 Å². The molecule has 0 aliphatic heterocycles. The van der Waals surface area contributed by atoms with Gasteiger partial charge in [0.1, 0.15) is 0 Å². The molecule has 2 aliphatic carbocycles. The highest BCUT2D eigenvalue weighted by Gasteiger charge is 2.24. The molecule has 0 radical (unpaired) electrons. The second-order valence-electron chi connectivity index (χ2n) is 12.1. The van der Waals surface area contributed by atoms with Crippen molar-refractivity contribution in [1.29, 1.82) is 0 Å². The number of H-pyrrole nitrogens is 1. The van der Waals surface area contributed by atoms with Gasteiger partial charge in [0.15, 0.2) is 34.3 Å². The van der Waals surface area contributed by atoms with Gasteiger partial charge in [-0.3, -0.25) is 0 Å². The lowest BCUT2D eigenvalue weighted by Crippen LogP contribution is -2.36. The van der Waals surface area contributed by atoms with Crippen molar-refractivity contribution in [1.82, 2.24) is 15.0 Å². The van der Waals surface area contributed by atoms with Crippen LogP contribution < -0.4 is 28.8 Å². The van der Waals surface area contributed by atoms with E-state index in [1.807, 2.05) is 18.5 Å². The lowest BCUT2D eigenvalue weighted by atomic mass is 10.2. The molecule has 2 aliphatic rings. The fourth-order valence-electron chi connectivity index (χ4n) is 6.11. The van der Waals surface area contributed by atoms with E-state index in [0.29, 0.717) is 13.1 Å². The van der Waals surface area contributed by atoms with Crippen LogP contribution in [-0.2, 0) is 13.1 Å². The molecule has 2 fully saturated rings. The van der Waals surface area contributed by atoms with E-state index in [0.717, 1.165) is 82.6 Å². The van der Waals surface area contributed by atoms with Crippen LogP contribution in [0.5, 0.6) is 23.0 Å². The molecule has 9 heteroatoms. The van der Waals surface area contributed by atoms with Gasteiger partial charge in [-0.1, -0.05) is 35.9 Å². The van der Waals surface area contributed by atoms with Crippen LogP contribution in [0.4, 0.5) is 5.82 Å². The highest BCUT2D eigenvalue weighted by Crippen LogP contribution is 2.34. The number of aromatic amines is 1. The van der Waals surface area contributed by atoms with Gasteiger partial charge in [0.2, 0.25) is 12.1 Å². The molecule has 0 spiro atoms. The van der Waals surface area contributed by atoms with E-state index in [1.54, 1.807) is 14.2 Å². The van der Waals surface area contributed by atoms with Gasteiger partial charge in [-0.2, -0.15) is 0 Å². The van der Waals surface area contributed by atoms with E-state index < -0.39 is 0 Å². The summed E-state index contributed by atoms with van der Waals surface area (Å²) in [6, 6.07) is 12.3. The summed E-state index contributed by atoms with van der Waals surface area (Å²) in [5.74, 6) is 5.07.